The molecule has 0 radical (unpaired) electrons. The molecular formula is C15H29N3O. The van der Waals surface area contributed by atoms with Crippen molar-refractivity contribution in [1.82, 2.24) is 4.90 Å². The summed E-state index contributed by atoms with van der Waals surface area (Å²) in [6.07, 6.45) is 5.54. The number of nitrogens with two attached hydrogens (primary N) is 1. The third-order valence-corrected chi connectivity index (χ3v) is 4.40. The van der Waals surface area contributed by atoms with Crippen LogP contribution in [0.1, 0.15) is 46.5 Å². The number of aliphatic imine (C=N–C) groups is 1. The zero-order valence-corrected chi connectivity index (χ0v) is 12.7. The minimum absolute atomic E-state index is 0.260. The molecule has 1 atom stereocenters. The van der Waals surface area contributed by atoms with Gasteiger partial charge < -0.3 is 15.4 Å². The van der Waals surface area contributed by atoms with Gasteiger partial charge in [-0.25, -0.2) is 0 Å². The molecule has 0 spiro atoms. The normalized spacial score (nSPS) is 27.5. The molecule has 1 heterocycles. The molecule has 1 saturated heterocycles. The van der Waals surface area contributed by atoms with E-state index in [9.17, 15) is 0 Å². The van der Waals surface area contributed by atoms with Crippen molar-refractivity contribution in [2.75, 3.05) is 26.2 Å². The summed E-state index contributed by atoms with van der Waals surface area (Å²) in [5.41, 5.74) is 6.59. The Bertz CT molecular complexity index is 323. The Morgan fingerprint density at radius 3 is 2.74 bits per heavy atom. The lowest BCUT2D eigenvalue weighted by molar-refractivity contribution is 0.00508. The van der Waals surface area contributed by atoms with Crippen LogP contribution in [0.5, 0.6) is 0 Å². The minimum Gasteiger partial charge on any atom is -0.375 e. The highest BCUT2D eigenvalue weighted by atomic mass is 16.5. The standard InChI is InChI=1S/C15H29N3O/c1-12(2)9-15(5-4-6-15)11-17-14(16)18-7-8-19-13(3)10-18/h12-13H,4-11H2,1-3H3,(H2,16,17). The Balaban J connectivity index is 1.89. The first-order chi connectivity index (χ1) is 9.01. The van der Waals surface area contributed by atoms with Gasteiger partial charge in [0.25, 0.3) is 0 Å². The lowest BCUT2D eigenvalue weighted by Gasteiger charge is -2.42. The first-order valence-electron chi connectivity index (χ1n) is 7.67. The highest BCUT2D eigenvalue weighted by Gasteiger charge is 2.37. The summed E-state index contributed by atoms with van der Waals surface area (Å²) in [7, 11) is 0. The lowest BCUT2D eigenvalue weighted by atomic mass is 9.64. The number of hydrogen-bond acceptors (Lipinski definition) is 2. The molecular weight excluding hydrogens is 238 g/mol. The monoisotopic (exact) mass is 267 g/mol. The van der Waals surface area contributed by atoms with Crippen LogP contribution in [-0.2, 0) is 4.74 Å². The first kappa shape index (κ1) is 14.6. The molecule has 0 bridgehead atoms. The molecule has 0 aromatic carbocycles. The molecule has 2 fully saturated rings. The van der Waals surface area contributed by atoms with E-state index in [1.54, 1.807) is 0 Å². The molecule has 2 N–H and O–H groups in total. The third kappa shape index (κ3) is 3.85. The van der Waals surface area contributed by atoms with Crippen LogP contribution in [0.2, 0.25) is 0 Å². The Kier molecular flexibility index (Phi) is 4.71. The molecule has 0 aromatic heterocycles. The molecule has 2 rings (SSSR count). The summed E-state index contributed by atoms with van der Waals surface area (Å²) in [4.78, 5) is 6.86. The van der Waals surface area contributed by atoms with Gasteiger partial charge >= 0.3 is 0 Å². The van der Waals surface area contributed by atoms with Crippen LogP contribution < -0.4 is 5.73 Å². The molecule has 1 saturated carbocycles. The highest BCUT2D eigenvalue weighted by Crippen LogP contribution is 2.46. The number of ether oxygens (including phenoxy) is 1. The van der Waals surface area contributed by atoms with Crippen molar-refractivity contribution in [1.29, 1.82) is 0 Å². The molecule has 110 valence electrons. The molecule has 4 nitrogen and oxygen atoms in total. The largest absolute Gasteiger partial charge is 0.375 e. The summed E-state index contributed by atoms with van der Waals surface area (Å²) >= 11 is 0. The van der Waals surface area contributed by atoms with Crippen molar-refractivity contribution in [2.45, 2.75) is 52.6 Å². The second kappa shape index (κ2) is 6.12. The average molecular weight is 267 g/mol. The molecule has 2 aliphatic rings. The van der Waals surface area contributed by atoms with E-state index in [0.29, 0.717) is 11.4 Å². The van der Waals surface area contributed by atoms with Crippen LogP contribution in [0.15, 0.2) is 4.99 Å². The fourth-order valence-corrected chi connectivity index (χ4v) is 3.34. The summed E-state index contributed by atoms with van der Waals surface area (Å²) in [6.45, 7) is 10.1. The summed E-state index contributed by atoms with van der Waals surface area (Å²) < 4.78 is 5.54. The maximum atomic E-state index is 6.15. The van der Waals surface area contributed by atoms with Crippen LogP contribution in [0.4, 0.5) is 0 Å². The van der Waals surface area contributed by atoms with Crippen LogP contribution in [0.25, 0.3) is 0 Å². The number of rotatable bonds is 4. The third-order valence-electron chi connectivity index (χ3n) is 4.40. The van der Waals surface area contributed by atoms with Crippen LogP contribution in [0, 0.1) is 11.3 Å². The molecule has 0 aromatic rings. The molecule has 19 heavy (non-hydrogen) atoms. The van der Waals surface area contributed by atoms with Crippen molar-refractivity contribution < 1.29 is 4.74 Å². The number of nitrogens with zero attached hydrogens (tertiary/aromatic N) is 2. The smallest absolute Gasteiger partial charge is 0.191 e. The quantitative estimate of drug-likeness (QED) is 0.628. The van der Waals surface area contributed by atoms with E-state index in [1.165, 1.54) is 25.7 Å². The van der Waals surface area contributed by atoms with Crippen molar-refractivity contribution in [3.8, 4) is 0 Å². The zero-order chi connectivity index (χ0) is 13.9. The van der Waals surface area contributed by atoms with E-state index in [2.05, 4.69) is 25.7 Å². The van der Waals surface area contributed by atoms with Crippen molar-refractivity contribution in [3.63, 3.8) is 0 Å². The first-order valence-corrected chi connectivity index (χ1v) is 7.67. The number of hydrogen-bond donors (Lipinski definition) is 1. The Hall–Kier alpha value is -0.770. The van der Waals surface area contributed by atoms with E-state index < -0.39 is 0 Å². The maximum Gasteiger partial charge on any atom is 0.191 e. The maximum absolute atomic E-state index is 6.15. The van der Waals surface area contributed by atoms with Gasteiger partial charge in [0.05, 0.1) is 12.7 Å². The minimum atomic E-state index is 0.260. The fourth-order valence-electron chi connectivity index (χ4n) is 3.34. The average Bonchev–Trinajstić information content (AvgIpc) is 2.31. The molecule has 1 aliphatic carbocycles. The molecule has 1 unspecified atom stereocenters. The van der Waals surface area contributed by atoms with Crippen LogP contribution in [-0.4, -0.2) is 43.2 Å². The van der Waals surface area contributed by atoms with Crippen molar-refractivity contribution >= 4 is 5.96 Å². The number of guanidine groups is 1. The van der Waals surface area contributed by atoms with Gasteiger partial charge in [-0.2, -0.15) is 0 Å². The Morgan fingerprint density at radius 2 is 2.21 bits per heavy atom. The van der Waals surface area contributed by atoms with Gasteiger partial charge in [-0.15, -0.1) is 0 Å². The molecule has 1 aliphatic heterocycles. The van der Waals surface area contributed by atoms with E-state index in [-0.39, 0.29) is 6.10 Å². The van der Waals surface area contributed by atoms with Gasteiger partial charge in [-0.1, -0.05) is 20.3 Å². The predicted octanol–water partition coefficient (Wildman–Crippen LogP) is 2.24. The second-order valence-electron chi connectivity index (χ2n) is 6.75. The molecule has 0 amide bonds. The van der Waals surface area contributed by atoms with E-state index in [1.807, 2.05) is 0 Å². The van der Waals surface area contributed by atoms with E-state index in [0.717, 1.165) is 32.2 Å². The van der Waals surface area contributed by atoms with Gasteiger partial charge in [-0.3, -0.25) is 4.99 Å². The lowest BCUT2D eigenvalue weighted by Crippen LogP contribution is -2.48. The SMILES string of the molecule is CC(C)CC1(CN=C(N)N2CCOC(C)C2)CCC1. The van der Waals surface area contributed by atoms with Gasteiger partial charge in [-0.05, 0) is 37.5 Å². The van der Waals surface area contributed by atoms with Gasteiger partial charge in [0.2, 0.25) is 0 Å². The predicted molar refractivity (Wildman–Crippen MR) is 79.2 cm³/mol. The summed E-state index contributed by atoms with van der Waals surface area (Å²) in [5.74, 6) is 1.46. The fraction of sp³-hybridized carbons (Fsp3) is 0.933. The van der Waals surface area contributed by atoms with Crippen LogP contribution >= 0.6 is 0 Å². The zero-order valence-electron chi connectivity index (χ0n) is 12.7. The van der Waals surface area contributed by atoms with Gasteiger partial charge in [0.15, 0.2) is 5.96 Å². The Morgan fingerprint density at radius 1 is 1.47 bits per heavy atom. The molecule has 4 heteroatoms. The highest BCUT2D eigenvalue weighted by molar-refractivity contribution is 5.78. The Labute approximate surface area is 117 Å². The number of morpholine rings is 1. The topological polar surface area (TPSA) is 50.8 Å². The van der Waals surface area contributed by atoms with Crippen molar-refractivity contribution in [2.24, 2.45) is 22.1 Å². The van der Waals surface area contributed by atoms with Gasteiger partial charge in [0.1, 0.15) is 0 Å². The van der Waals surface area contributed by atoms with Crippen LogP contribution in [0.3, 0.4) is 0 Å². The van der Waals surface area contributed by atoms with Gasteiger partial charge in [0, 0.05) is 19.6 Å². The second-order valence-corrected chi connectivity index (χ2v) is 6.75. The summed E-state index contributed by atoms with van der Waals surface area (Å²) in [5, 5.41) is 0. The van der Waals surface area contributed by atoms with Crippen molar-refractivity contribution in [3.05, 3.63) is 0 Å². The van der Waals surface area contributed by atoms with E-state index >= 15 is 0 Å². The summed E-state index contributed by atoms with van der Waals surface area (Å²) in [6, 6.07) is 0. The van der Waals surface area contributed by atoms with E-state index in [4.69, 9.17) is 15.5 Å².